The summed E-state index contributed by atoms with van der Waals surface area (Å²) in [6.07, 6.45) is 1.05. The van der Waals surface area contributed by atoms with Gasteiger partial charge in [-0.25, -0.2) is 4.98 Å². The smallest absolute Gasteiger partial charge is 0.224 e. The van der Waals surface area contributed by atoms with Crippen molar-refractivity contribution in [3.8, 4) is 5.75 Å². The second kappa shape index (κ2) is 5.64. The summed E-state index contributed by atoms with van der Waals surface area (Å²) in [6.45, 7) is 1.84. The minimum absolute atomic E-state index is 0.0446. The number of hydrogen-bond donors (Lipinski definition) is 2. The first kappa shape index (κ1) is 12.6. The molecule has 0 aliphatic carbocycles. The van der Waals surface area contributed by atoms with Crippen LogP contribution in [0.2, 0.25) is 0 Å². The van der Waals surface area contributed by atoms with Crippen LogP contribution in [-0.4, -0.2) is 16.0 Å². The quantitative estimate of drug-likeness (QED) is 0.833. The van der Waals surface area contributed by atoms with Crippen LogP contribution in [0, 0.1) is 6.92 Å². The zero-order chi connectivity index (χ0) is 13.0. The molecule has 0 aliphatic rings. The van der Waals surface area contributed by atoms with Crippen molar-refractivity contribution >= 4 is 22.9 Å². The number of carbonyl (C=O) groups excluding carboxylic acids is 1. The van der Waals surface area contributed by atoms with Crippen LogP contribution < -0.4 is 5.32 Å². The fourth-order valence-corrected chi connectivity index (χ4v) is 2.20. The fraction of sp³-hybridized carbons (Fsp3) is 0.231. The molecule has 0 fully saturated rings. The predicted molar refractivity (Wildman–Crippen MR) is 71.9 cm³/mol. The molecule has 0 bridgehead atoms. The number of phenolic OH excluding ortho intramolecular Hbond substituents is 1. The monoisotopic (exact) mass is 262 g/mol. The molecule has 0 spiro atoms. The Bertz CT molecular complexity index is 538. The lowest BCUT2D eigenvalue weighted by Crippen LogP contribution is -2.13. The Hall–Kier alpha value is -1.88. The molecule has 0 aliphatic heterocycles. The van der Waals surface area contributed by atoms with Gasteiger partial charge >= 0.3 is 0 Å². The van der Waals surface area contributed by atoms with Gasteiger partial charge in [-0.15, -0.1) is 11.3 Å². The van der Waals surface area contributed by atoms with Crippen molar-refractivity contribution in [2.24, 2.45) is 0 Å². The number of benzene rings is 1. The van der Waals surface area contributed by atoms with Crippen molar-refractivity contribution in [1.29, 1.82) is 0 Å². The highest BCUT2D eigenvalue weighted by Gasteiger charge is 2.06. The summed E-state index contributed by atoms with van der Waals surface area (Å²) < 4.78 is 0. The molecule has 18 heavy (non-hydrogen) atoms. The van der Waals surface area contributed by atoms with Gasteiger partial charge in [-0.05, 0) is 37.1 Å². The SMILES string of the molecule is Cc1cc(O)ccc1NC(=O)CCc1cscn1. The van der Waals surface area contributed by atoms with Gasteiger partial charge in [0.15, 0.2) is 0 Å². The molecule has 94 valence electrons. The molecular weight excluding hydrogens is 248 g/mol. The van der Waals surface area contributed by atoms with Crippen LogP contribution in [0.15, 0.2) is 29.1 Å². The molecule has 2 aromatic rings. The molecule has 1 aromatic heterocycles. The lowest BCUT2D eigenvalue weighted by molar-refractivity contribution is -0.116. The summed E-state index contributed by atoms with van der Waals surface area (Å²) in [5, 5.41) is 14.0. The van der Waals surface area contributed by atoms with Crippen molar-refractivity contribution in [2.45, 2.75) is 19.8 Å². The summed E-state index contributed by atoms with van der Waals surface area (Å²) >= 11 is 1.53. The van der Waals surface area contributed by atoms with Gasteiger partial charge in [0.1, 0.15) is 5.75 Å². The lowest BCUT2D eigenvalue weighted by Gasteiger charge is -2.08. The number of nitrogens with zero attached hydrogens (tertiary/aromatic N) is 1. The van der Waals surface area contributed by atoms with Gasteiger partial charge in [0, 0.05) is 17.5 Å². The highest BCUT2D eigenvalue weighted by atomic mass is 32.1. The lowest BCUT2D eigenvalue weighted by atomic mass is 10.2. The number of thiazole rings is 1. The second-order valence-corrected chi connectivity index (χ2v) is 4.75. The molecule has 2 N–H and O–H groups in total. The van der Waals surface area contributed by atoms with Crippen molar-refractivity contribution in [3.63, 3.8) is 0 Å². The molecule has 5 heteroatoms. The summed E-state index contributed by atoms with van der Waals surface area (Å²) in [5.74, 6) is 0.157. The second-order valence-electron chi connectivity index (χ2n) is 4.03. The molecule has 0 saturated carbocycles. The summed E-state index contributed by atoms with van der Waals surface area (Å²) in [4.78, 5) is 15.9. The summed E-state index contributed by atoms with van der Waals surface area (Å²) in [5.41, 5.74) is 4.28. The zero-order valence-electron chi connectivity index (χ0n) is 10.0. The van der Waals surface area contributed by atoms with Gasteiger partial charge in [0.2, 0.25) is 5.91 Å². The standard InChI is InChI=1S/C13H14N2O2S/c1-9-6-11(16)3-4-12(9)15-13(17)5-2-10-7-18-8-14-10/h3-4,6-8,16H,2,5H2,1H3,(H,15,17). The van der Waals surface area contributed by atoms with Gasteiger partial charge in [-0.2, -0.15) is 0 Å². The number of amides is 1. The van der Waals surface area contributed by atoms with Crippen molar-refractivity contribution < 1.29 is 9.90 Å². The van der Waals surface area contributed by atoms with E-state index in [1.54, 1.807) is 23.7 Å². The molecule has 4 nitrogen and oxygen atoms in total. The molecule has 0 unspecified atom stereocenters. The third-order valence-corrected chi connectivity index (χ3v) is 3.21. The minimum Gasteiger partial charge on any atom is -0.508 e. The number of aryl methyl sites for hydroxylation is 2. The maximum Gasteiger partial charge on any atom is 0.224 e. The topological polar surface area (TPSA) is 62.2 Å². The largest absolute Gasteiger partial charge is 0.508 e. The maximum absolute atomic E-state index is 11.7. The van der Waals surface area contributed by atoms with E-state index in [9.17, 15) is 9.90 Å². The molecule has 0 saturated heterocycles. The van der Waals surface area contributed by atoms with E-state index in [4.69, 9.17) is 0 Å². The fourth-order valence-electron chi connectivity index (χ4n) is 1.60. The van der Waals surface area contributed by atoms with Crippen molar-refractivity contribution in [2.75, 3.05) is 5.32 Å². The molecule has 2 rings (SSSR count). The molecular formula is C13H14N2O2S. The van der Waals surface area contributed by atoms with Gasteiger partial charge in [-0.3, -0.25) is 4.79 Å². The Morgan fingerprint density at radius 1 is 1.50 bits per heavy atom. The highest BCUT2D eigenvalue weighted by molar-refractivity contribution is 7.07. The highest BCUT2D eigenvalue weighted by Crippen LogP contribution is 2.20. The van der Waals surface area contributed by atoms with E-state index in [0.29, 0.717) is 12.8 Å². The summed E-state index contributed by atoms with van der Waals surface area (Å²) in [7, 11) is 0. The van der Waals surface area contributed by atoms with Crippen molar-refractivity contribution in [1.82, 2.24) is 4.98 Å². The van der Waals surface area contributed by atoms with E-state index in [1.165, 1.54) is 11.3 Å². The minimum atomic E-state index is -0.0446. The predicted octanol–water partition coefficient (Wildman–Crippen LogP) is 2.73. The van der Waals surface area contributed by atoms with Crippen LogP contribution in [0.1, 0.15) is 17.7 Å². The first-order chi connectivity index (χ1) is 8.65. The third-order valence-electron chi connectivity index (χ3n) is 2.58. The number of rotatable bonds is 4. The number of nitrogens with one attached hydrogen (secondary N) is 1. The third kappa shape index (κ3) is 3.30. The van der Waals surface area contributed by atoms with E-state index in [-0.39, 0.29) is 11.7 Å². The molecule has 0 atom stereocenters. The number of aromatic hydroxyl groups is 1. The van der Waals surface area contributed by atoms with Gasteiger partial charge in [0.05, 0.1) is 11.2 Å². The van der Waals surface area contributed by atoms with E-state index < -0.39 is 0 Å². The number of aromatic nitrogens is 1. The number of hydrogen-bond acceptors (Lipinski definition) is 4. The van der Waals surface area contributed by atoms with E-state index >= 15 is 0 Å². The Kier molecular flexibility index (Phi) is 3.94. The van der Waals surface area contributed by atoms with Crippen LogP contribution in [0.4, 0.5) is 5.69 Å². The average molecular weight is 262 g/mol. The zero-order valence-corrected chi connectivity index (χ0v) is 10.8. The number of carbonyl (C=O) groups is 1. The Morgan fingerprint density at radius 3 is 3.00 bits per heavy atom. The van der Waals surface area contributed by atoms with E-state index in [1.807, 2.05) is 12.3 Å². The maximum atomic E-state index is 11.7. The van der Waals surface area contributed by atoms with Crippen LogP contribution in [0.3, 0.4) is 0 Å². The van der Waals surface area contributed by atoms with Crippen LogP contribution >= 0.6 is 11.3 Å². The molecule has 1 aromatic carbocycles. The van der Waals surface area contributed by atoms with Gasteiger partial charge in [-0.1, -0.05) is 0 Å². The first-order valence-electron chi connectivity index (χ1n) is 5.61. The number of anilines is 1. The van der Waals surface area contributed by atoms with Crippen LogP contribution in [-0.2, 0) is 11.2 Å². The molecule has 1 amide bonds. The normalized spacial score (nSPS) is 10.3. The van der Waals surface area contributed by atoms with Crippen LogP contribution in [0.25, 0.3) is 0 Å². The molecule has 1 heterocycles. The number of phenols is 1. The average Bonchev–Trinajstić information content (AvgIpc) is 2.83. The van der Waals surface area contributed by atoms with Gasteiger partial charge in [0.25, 0.3) is 0 Å². The Balaban J connectivity index is 1.91. The summed E-state index contributed by atoms with van der Waals surface area (Å²) in [6, 6.07) is 4.88. The van der Waals surface area contributed by atoms with Crippen molar-refractivity contribution in [3.05, 3.63) is 40.3 Å². The van der Waals surface area contributed by atoms with Crippen LogP contribution in [0.5, 0.6) is 5.75 Å². The Morgan fingerprint density at radius 2 is 2.33 bits per heavy atom. The van der Waals surface area contributed by atoms with Gasteiger partial charge < -0.3 is 10.4 Å². The Labute approximate surface area is 109 Å². The van der Waals surface area contributed by atoms with E-state index in [0.717, 1.165) is 16.9 Å². The first-order valence-corrected chi connectivity index (χ1v) is 6.56. The van der Waals surface area contributed by atoms with E-state index in [2.05, 4.69) is 10.3 Å². The molecule has 0 radical (unpaired) electrons.